The van der Waals surface area contributed by atoms with Gasteiger partial charge in [-0.2, -0.15) is 13.2 Å². The van der Waals surface area contributed by atoms with Gasteiger partial charge in [0.1, 0.15) is 17.2 Å². The molecule has 0 spiro atoms. The molecule has 0 bridgehead atoms. The molecular weight excluding hydrogens is 377 g/mol. The molecule has 3 aromatic rings. The number of hydrogen-bond donors (Lipinski definition) is 0. The van der Waals surface area contributed by atoms with Gasteiger partial charge in [-0.05, 0) is 23.8 Å². The van der Waals surface area contributed by atoms with Gasteiger partial charge in [0.2, 0.25) is 0 Å². The monoisotopic (exact) mass is 392 g/mol. The number of carbonyl (C=O) groups excluding carboxylic acids is 1. The normalized spacial score (nSPS) is 11.5. The minimum atomic E-state index is -4.66. The third kappa shape index (κ3) is 3.19. The van der Waals surface area contributed by atoms with Crippen molar-refractivity contribution < 1.29 is 27.4 Å². The minimum Gasteiger partial charge on any atom is -0.496 e. The quantitative estimate of drug-likeness (QED) is 0.636. The van der Waals surface area contributed by atoms with Gasteiger partial charge in [-0.1, -0.05) is 0 Å². The lowest BCUT2D eigenvalue weighted by atomic mass is 9.98. The summed E-state index contributed by atoms with van der Waals surface area (Å²) in [6, 6.07) is 3.83. The van der Waals surface area contributed by atoms with Gasteiger partial charge >= 0.3 is 6.18 Å². The topological polar surface area (TPSA) is 70.4 Å². The molecule has 0 aliphatic carbocycles. The summed E-state index contributed by atoms with van der Waals surface area (Å²) in [6.45, 7) is 0. The molecule has 28 heavy (non-hydrogen) atoms. The average Bonchev–Trinajstić information content (AvgIpc) is 2.68. The van der Waals surface area contributed by atoms with Crippen molar-refractivity contribution in [1.29, 1.82) is 0 Å². The van der Waals surface area contributed by atoms with Crippen molar-refractivity contribution in [2.24, 2.45) is 7.05 Å². The number of benzene rings is 1. The van der Waals surface area contributed by atoms with Crippen molar-refractivity contribution in [3.8, 4) is 22.6 Å². The van der Waals surface area contributed by atoms with E-state index >= 15 is 0 Å². The first kappa shape index (κ1) is 19.4. The molecule has 0 amide bonds. The van der Waals surface area contributed by atoms with Crippen LogP contribution in [-0.4, -0.2) is 30.1 Å². The van der Waals surface area contributed by atoms with Crippen molar-refractivity contribution in [2.45, 2.75) is 6.18 Å². The van der Waals surface area contributed by atoms with E-state index in [1.54, 1.807) is 0 Å². The van der Waals surface area contributed by atoms with Crippen molar-refractivity contribution in [1.82, 2.24) is 9.55 Å². The number of ether oxygens (including phenoxy) is 2. The van der Waals surface area contributed by atoms with Crippen LogP contribution in [0, 0.1) is 0 Å². The number of fused-ring (bicyclic) bond motifs is 1. The highest BCUT2D eigenvalue weighted by molar-refractivity contribution is 5.97. The van der Waals surface area contributed by atoms with Gasteiger partial charge in [-0.25, -0.2) is 0 Å². The number of aryl methyl sites for hydroxylation is 1. The first-order chi connectivity index (χ1) is 13.2. The van der Waals surface area contributed by atoms with Crippen LogP contribution < -0.4 is 15.0 Å². The third-order valence-electron chi connectivity index (χ3n) is 4.33. The number of nitrogens with zero attached hydrogens (tertiary/aromatic N) is 2. The van der Waals surface area contributed by atoms with E-state index in [-0.39, 0.29) is 27.8 Å². The number of methoxy groups -OCH3 is 2. The maximum absolute atomic E-state index is 13.1. The fraction of sp³-hybridized carbons (Fsp3) is 0.211. The zero-order valence-electron chi connectivity index (χ0n) is 15.1. The molecule has 0 saturated heterocycles. The minimum absolute atomic E-state index is 0.0328. The lowest BCUT2D eigenvalue weighted by Gasteiger charge is -2.15. The summed E-state index contributed by atoms with van der Waals surface area (Å²) in [4.78, 5) is 27.1. The first-order valence-corrected chi connectivity index (χ1v) is 7.99. The van der Waals surface area contributed by atoms with E-state index in [0.717, 1.165) is 12.3 Å². The van der Waals surface area contributed by atoms with Crippen LogP contribution in [0.15, 0.2) is 35.4 Å². The van der Waals surface area contributed by atoms with Gasteiger partial charge in [0.25, 0.3) is 5.56 Å². The van der Waals surface area contributed by atoms with E-state index in [1.807, 2.05) is 0 Å². The van der Waals surface area contributed by atoms with Crippen molar-refractivity contribution in [3.63, 3.8) is 0 Å². The number of hydrogen-bond acceptors (Lipinski definition) is 5. The predicted molar refractivity (Wildman–Crippen MR) is 95.9 cm³/mol. The van der Waals surface area contributed by atoms with E-state index in [0.29, 0.717) is 17.4 Å². The zero-order valence-corrected chi connectivity index (χ0v) is 15.1. The summed E-state index contributed by atoms with van der Waals surface area (Å²) in [5.41, 5.74) is -0.680. The second-order valence-electron chi connectivity index (χ2n) is 5.98. The van der Waals surface area contributed by atoms with Crippen LogP contribution >= 0.6 is 0 Å². The largest absolute Gasteiger partial charge is 0.496 e. The highest BCUT2D eigenvalue weighted by Crippen LogP contribution is 2.37. The Labute approximate surface area is 157 Å². The Morgan fingerprint density at radius 1 is 1.07 bits per heavy atom. The summed E-state index contributed by atoms with van der Waals surface area (Å²) in [5, 5.41) is 0.110. The van der Waals surface area contributed by atoms with Gasteiger partial charge in [0.15, 0.2) is 6.29 Å². The smallest absolute Gasteiger partial charge is 0.433 e. The third-order valence-corrected chi connectivity index (χ3v) is 4.33. The Morgan fingerprint density at radius 2 is 1.68 bits per heavy atom. The van der Waals surface area contributed by atoms with Crippen molar-refractivity contribution in [3.05, 3.63) is 52.2 Å². The lowest BCUT2D eigenvalue weighted by Crippen LogP contribution is -2.18. The molecule has 6 nitrogen and oxygen atoms in total. The molecule has 1 aromatic carbocycles. The molecule has 0 saturated carbocycles. The van der Waals surface area contributed by atoms with Crippen LogP contribution in [0.5, 0.6) is 11.5 Å². The van der Waals surface area contributed by atoms with Crippen LogP contribution in [0.2, 0.25) is 0 Å². The molecule has 2 heterocycles. The van der Waals surface area contributed by atoms with Gasteiger partial charge in [-0.3, -0.25) is 14.6 Å². The number of aldehydes is 1. The van der Waals surface area contributed by atoms with Crippen molar-refractivity contribution in [2.75, 3.05) is 14.2 Å². The predicted octanol–water partition coefficient (Wildman–Crippen LogP) is 3.45. The molecule has 0 aliphatic rings. The highest BCUT2D eigenvalue weighted by atomic mass is 19.4. The number of halogens is 3. The van der Waals surface area contributed by atoms with Gasteiger partial charge in [0, 0.05) is 30.4 Å². The highest BCUT2D eigenvalue weighted by Gasteiger charge is 2.33. The van der Waals surface area contributed by atoms with E-state index in [2.05, 4.69) is 4.98 Å². The Hall–Kier alpha value is -3.36. The lowest BCUT2D eigenvalue weighted by molar-refractivity contribution is -0.141. The Morgan fingerprint density at radius 3 is 2.18 bits per heavy atom. The van der Waals surface area contributed by atoms with Gasteiger partial charge in [-0.15, -0.1) is 0 Å². The fourth-order valence-corrected chi connectivity index (χ4v) is 2.96. The van der Waals surface area contributed by atoms with Crippen LogP contribution in [0.25, 0.3) is 21.9 Å². The fourth-order valence-electron chi connectivity index (χ4n) is 2.96. The number of pyridine rings is 2. The molecule has 3 rings (SSSR count). The summed E-state index contributed by atoms with van der Waals surface area (Å²) in [7, 11) is 4.20. The van der Waals surface area contributed by atoms with Crippen LogP contribution in [0.3, 0.4) is 0 Å². The molecule has 0 unspecified atom stereocenters. The van der Waals surface area contributed by atoms with Crippen LogP contribution in [0.4, 0.5) is 13.2 Å². The summed E-state index contributed by atoms with van der Waals surface area (Å²) < 4.78 is 51.1. The molecule has 146 valence electrons. The molecule has 0 atom stereocenters. The van der Waals surface area contributed by atoms with E-state index in [9.17, 15) is 22.8 Å². The maximum Gasteiger partial charge on any atom is 0.433 e. The molecule has 0 aliphatic heterocycles. The molecule has 2 aromatic heterocycles. The SMILES string of the molecule is COc1cc(-c2cn(C)c(=O)c3cnc(C(F)(F)F)cc23)cc(OC)c1C=O. The van der Waals surface area contributed by atoms with Gasteiger partial charge < -0.3 is 14.0 Å². The standard InChI is InChI=1S/C19H15F3N2O4/c1-24-8-13(10-4-15(27-2)14(9-25)16(5-10)28-3)11-6-17(19(20,21)22)23-7-12(11)18(24)26/h4-9H,1-3H3. The number of aromatic nitrogens is 2. The van der Waals surface area contributed by atoms with Crippen LogP contribution in [0.1, 0.15) is 16.1 Å². The van der Waals surface area contributed by atoms with E-state index < -0.39 is 17.4 Å². The molecule has 9 heteroatoms. The zero-order chi connectivity index (χ0) is 20.6. The Bertz CT molecular complexity index is 1110. The molecule has 0 fully saturated rings. The maximum atomic E-state index is 13.1. The van der Waals surface area contributed by atoms with E-state index in [1.165, 1.54) is 44.2 Å². The molecular formula is C19H15F3N2O4. The molecule has 0 radical (unpaired) electrons. The summed E-state index contributed by atoms with van der Waals surface area (Å²) >= 11 is 0. The Kier molecular flexibility index (Phi) is 4.84. The van der Waals surface area contributed by atoms with Crippen LogP contribution in [-0.2, 0) is 13.2 Å². The number of rotatable bonds is 4. The summed E-state index contributed by atoms with van der Waals surface area (Å²) in [6.07, 6.45) is -1.77. The first-order valence-electron chi connectivity index (χ1n) is 7.99. The second kappa shape index (κ2) is 6.99. The average molecular weight is 392 g/mol. The molecule has 0 N–H and O–H groups in total. The second-order valence-corrected chi connectivity index (χ2v) is 5.98. The van der Waals surface area contributed by atoms with E-state index in [4.69, 9.17) is 9.47 Å². The van der Waals surface area contributed by atoms with Crippen molar-refractivity contribution >= 4 is 17.1 Å². The number of alkyl halides is 3. The number of carbonyl (C=O) groups is 1. The Balaban J connectivity index is 2.41. The van der Waals surface area contributed by atoms with Gasteiger partial charge in [0.05, 0.1) is 25.2 Å². The summed E-state index contributed by atoms with van der Waals surface area (Å²) in [5.74, 6) is 0.382.